The van der Waals surface area contributed by atoms with Crippen LogP contribution in [0.15, 0.2) is 48.8 Å². The topological polar surface area (TPSA) is 133 Å². The van der Waals surface area contributed by atoms with Gasteiger partial charge in [0.1, 0.15) is 0 Å². The Morgan fingerprint density at radius 3 is 2.49 bits per heavy atom. The maximum atomic E-state index is 12.2. The number of amides is 2. The van der Waals surface area contributed by atoms with Crippen LogP contribution >= 0.6 is 11.5 Å². The number of aromatic nitrogens is 4. The lowest BCUT2D eigenvalue weighted by atomic mass is 9.98. The van der Waals surface area contributed by atoms with Crippen molar-refractivity contribution >= 4 is 34.6 Å². The van der Waals surface area contributed by atoms with Crippen molar-refractivity contribution in [1.82, 2.24) is 24.6 Å². The molecule has 4 rings (SSSR count). The van der Waals surface area contributed by atoms with Gasteiger partial charge in [0.15, 0.2) is 5.82 Å². The SMILES string of the molecule is O=C(NCC1CCCN(c2ncccn2)C1)Nc1nc(-c2ccccc2)ns1.O=C(O)C(F)(F)F. The summed E-state index contributed by atoms with van der Waals surface area (Å²) in [5.41, 5.74) is 0.928. The van der Waals surface area contributed by atoms with Crippen LogP contribution in [0.1, 0.15) is 12.8 Å². The largest absolute Gasteiger partial charge is 0.490 e. The van der Waals surface area contributed by atoms with Gasteiger partial charge >= 0.3 is 18.2 Å². The number of hydrogen-bond donors (Lipinski definition) is 3. The van der Waals surface area contributed by atoms with Crippen molar-refractivity contribution < 1.29 is 27.9 Å². The molecule has 1 atom stereocenters. The van der Waals surface area contributed by atoms with E-state index in [1.54, 1.807) is 12.4 Å². The summed E-state index contributed by atoms with van der Waals surface area (Å²) >= 11 is 1.17. The summed E-state index contributed by atoms with van der Waals surface area (Å²) in [6, 6.07) is 11.2. The molecule has 14 heteroatoms. The first-order valence-electron chi connectivity index (χ1n) is 10.5. The molecule has 1 aliphatic rings. The summed E-state index contributed by atoms with van der Waals surface area (Å²) in [5, 5.41) is 13.3. The van der Waals surface area contributed by atoms with Gasteiger partial charge in [0.2, 0.25) is 11.1 Å². The fourth-order valence-electron chi connectivity index (χ4n) is 3.22. The second kappa shape index (κ2) is 12.1. The zero-order chi connectivity index (χ0) is 25.3. The summed E-state index contributed by atoms with van der Waals surface area (Å²) < 4.78 is 36.0. The van der Waals surface area contributed by atoms with Crippen molar-refractivity contribution in [2.75, 3.05) is 29.9 Å². The number of benzene rings is 1. The minimum atomic E-state index is -5.08. The average molecular weight is 510 g/mol. The summed E-state index contributed by atoms with van der Waals surface area (Å²) in [6.07, 6.45) is 0.552. The number of carbonyl (C=O) groups is 2. The van der Waals surface area contributed by atoms with Crippen molar-refractivity contribution in [2.45, 2.75) is 19.0 Å². The Morgan fingerprint density at radius 1 is 1.14 bits per heavy atom. The molecule has 1 unspecified atom stereocenters. The lowest BCUT2D eigenvalue weighted by Gasteiger charge is -2.32. The van der Waals surface area contributed by atoms with E-state index >= 15 is 0 Å². The van der Waals surface area contributed by atoms with Gasteiger partial charge in [-0.15, -0.1) is 0 Å². The average Bonchev–Trinajstić information content (AvgIpc) is 3.32. The van der Waals surface area contributed by atoms with E-state index in [2.05, 4.69) is 34.9 Å². The number of carbonyl (C=O) groups excluding carboxylic acids is 1. The minimum Gasteiger partial charge on any atom is -0.475 e. The number of nitrogens with one attached hydrogen (secondary N) is 2. The van der Waals surface area contributed by atoms with E-state index in [1.807, 2.05) is 36.4 Å². The third-order valence-corrected chi connectivity index (χ3v) is 5.46. The Bertz CT molecular complexity index is 1100. The van der Waals surface area contributed by atoms with Gasteiger partial charge in [0.05, 0.1) is 0 Å². The lowest BCUT2D eigenvalue weighted by molar-refractivity contribution is -0.192. The smallest absolute Gasteiger partial charge is 0.475 e. The summed E-state index contributed by atoms with van der Waals surface area (Å²) in [5.74, 6) is -1.03. The van der Waals surface area contributed by atoms with Crippen molar-refractivity contribution in [3.05, 3.63) is 48.8 Å². The number of halogens is 3. The van der Waals surface area contributed by atoms with Crippen molar-refractivity contribution in [1.29, 1.82) is 0 Å². The third kappa shape index (κ3) is 8.17. The monoisotopic (exact) mass is 509 g/mol. The van der Waals surface area contributed by atoms with E-state index in [4.69, 9.17) is 9.90 Å². The molecule has 1 aromatic carbocycles. The number of anilines is 2. The molecule has 3 heterocycles. The number of aliphatic carboxylic acids is 1. The number of hydrogen-bond acceptors (Lipinski definition) is 8. The minimum absolute atomic E-state index is 0.260. The summed E-state index contributed by atoms with van der Waals surface area (Å²) in [6.45, 7) is 2.38. The van der Waals surface area contributed by atoms with E-state index in [0.29, 0.717) is 23.4 Å². The zero-order valence-electron chi connectivity index (χ0n) is 18.3. The second-order valence-corrected chi connectivity index (χ2v) is 8.18. The molecule has 35 heavy (non-hydrogen) atoms. The number of alkyl halides is 3. The Balaban J connectivity index is 0.000000429. The molecule has 3 aromatic rings. The number of rotatable bonds is 5. The molecule has 2 amide bonds. The lowest BCUT2D eigenvalue weighted by Crippen LogP contribution is -2.42. The van der Waals surface area contributed by atoms with Gasteiger partial charge in [-0.05, 0) is 24.8 Å². The van der Waals surface area contributed by atoms with Crippen LogP contribution < -0.4 is 15.5 Å². The molecule has 10 nitrogen and oxygen atoms in total. The van der Waals surface area contributed by atoms with Crippen LogP contribution in [0.4, 0.5) is 29.0 Å². The molecule has 1 aliphatic heterocycles. The maximum absolute atomic E-state index is 12.2. The first-order valence-corrected chi connectivity index (χ1v) is 11.3. The Labute approximate surface area is 202 Å². The predicted molar refractivity (Wildman–Crippen MR) is 123 cm³/mol. The summed E-state index contributed by atoms with van der Waals surface area (Å²) in [4.78, 5) is 36.3. The van der Waals surface area contributed by atoms with Gasteiger partial charge in [-0.3, -0.25) is 5.32 Å². The number of carboxylic acids is 1. The Morgan fingerprint density at radius 2 is 1.83 bits per heavy atom. The van der Waals surface area contributed by atoms with Crippen LogP contribution in [-0.4, -0.2) is 62.2 Å². The predicted octanol–water partition coefficient (Wildman–Crippen LogP) is 3.67. The first-order chi connectivity index (χ1) is 16.7. The highest BCUT2D eigenvalue weighted by atomic mass is 32.1. The number of urea groups is 1. The highest BCUT2D eigenvalue weighted by Crippen LogP contribution is 2.21. The molecule has 0 bridgehead atoms. The molecular weight excluding hydrogens is 487 g/mol. The maximum Gasteiger partial charge on any atom is 0.490 e. The first kappa shape index (κ1) is 25.8. The van der Waals surface area contributed by atoms with E-state index < -0.39 is 12.1 Å². The van der Waals surface area contributed by atoms with Gasteiger partial charge in [0.25, 0.3) is 0 Å². The fraction of sp³-hybridized carbons (Fsp3) is 0.333. The van der Waals surface area contributed by atoms with Gasteiger partial charge in [-0.25, -0.2) is 19.6 Å². The van der Waals surface area contributed by atoms with Crippen molar-refractivity contribution in [3.8, 4) is 11.4 Å². The second-order valence-electron chi connectivity index (χ2n) is 7.43. The van der Waals surface area contributed by atoms with Crippen LogP contribution in [0.2, 0.25) is 0 Å². The molecule has 0 spiro atoms. The van der Waals surface area contributed by atoms with Crippen molar-refractivity contribution in [3.63, 3.8) is 0 Å². The molecule has 186 valence electrons. The molecule has 0 radical (unpaired) electrons. The van der Waals surface area contributed by atoms with Crippen molar-refractivity contribution in [2.24, 2.45) is 5.92 Å². The van der Waals surface area contributed by atoms with E-state index in [0.717, 1.165) is 37.4 Å². The molecule has 3 N–H and O–H groups in total. The molecular formula is C21H22F3N7O3S. The molecule has 1 fully saturated rings. The van der Waals surface area contributed by atoms with Gasteiger partial charge < -0.3 is 15.3 Å². The van der Waals surface area contributed by atoms with E-state index in [-0.39, 0.29) is 6.03 Å². The zero-order valence-corrected chi connectivity index (χ0v) is 19.1. The Hall–Kier alpha value is -3.81. The van der Waals surface area contributed by atoms with Crippen LogP contribution in [0.5, 0.6) is 0 Å². The molecule has 1 saturated heterocycles. The number of nitrogens with zero attached hydrogens (tertiary/aromatic N) is 5. The summed E-state index contributed by atoms with van der Waals surface area (Å²) in [7, 11) is 0. The highest BCUT2D eigenvalue weighted by Gasteiger charge is 2.38. The molecule has 0 aliphatic carbocycles. The van der Waals surface area contributed by atoms with E-state index in [1.165, 1.54) is 11.5 Å². The van der Waals surface area contributed by atoms with Crippen LogP contribution in [0.3, 0.4) is 0 Å². The molecule has 0 saturated carbocycles. The number of piperidine rings is 1. The quantitative estimate of drug-likeness (QED) is 0.475. The van der Waals surface area contributed by atoms with E-state index in [9.17, 15) is 18.0 Å². The third-order valence-electron chi connectivity index (χ3n) is 4.83. The highest BCUT2D eigenvalue weighted by molar-refractivity contribution is 7.10. The van der Waals surface area contributed by atoms with Gasteiger partial charge in [-0.1, -0.05) is 30.3 Å². The van der Waals surface area contributed by atoms with Crippen LogP contribution in [-0.2, 0) is 4.79 Å². The molecule has 2 aromatic heterocycles. The number of carboxylic acid groups (broad SMARTS) is 1. The van der Waals surface area contributed by atoms with Gasteiger partial charge in [-0.2, -0.15) is 22.5 Å². The van der Waals surface area contributed by atoms with Crippen LogP contribution in [0, 0.1) is 5.92 Å². The fourth-order valence-corrected chi connectivity index (χ4v) is 3.81. The normalized spacial score (nSPS) is 15.5. The van der Waals surface area contributed by atoms with Gasteiger partial charge in [0, 0.05) is 49.1 Å². The standard InChI is InChI=1S/C19H21N7OS.C2HF3O2/c27-18(24-19-23-16(25-28-19)15-7-2-1-3-8-15)22-12-14-6-4-11-26(13-14)17-20-9-5-10-21-17;3-2(4,5)1(6)7/h1-3,5,7-10,14H,4,6,11-13H2,(H2,22,23,24,25,27);(H,6,7). The Kier molecular flexibility index (Phi) is 8.89. The van der Waals surface area contributed by atoms with Crippen LogP contribution in [0.25, 0.3) is 11.4 Å².